The van der Waals surface area contributed by atoms with Gasteiger partial charge in [0.1, 0.15) is 0 Å². The zero-order chi connectivity index (χ0) is 10.6. The fourth-order valence-corrected chi connectivity index (χ4v) is 3.57. The highest BCUT2D eigenvalue weighted by atomic mass is 14.5. The molecule has 0 amide bonds. The molecule has 16 heavy (non-hydrogen) atoms. The normalized spacial score (nSPS) is 35.5. The van der Waals surface area contributed by atoms with Gasteiger partial charge in [0.05, 0.1) is 0 Å². The van der Waals surface area contributed by atoms with Crippen molar-refractivity contribution in [2.75, 3.05) is 0 Å². The minimum Gasteiger partial charge on any atom is -0.0826 e. The minimum absolute atomic E-state index is 0.129. The summed E-state index contributed by atoms with van der Waals surface area (Å²) in [4.78, 5) is 0. The molecule has 4 aliphatic rings. The summed E-state index contributed by atoms with van der Waals surface area (Å²) in [7, 11) is 0. The minimum atomic E-state index is 0.129. The van der Waals surface area contributed by atoms with Crippen molar-refractivity contribution in [2.24, 2.45) is 17.3 Å². The lowest BCUT2D eigenvalue weighted by molar-refractivity contribution is 0.557. The van der Waals surface area contributed by atoms with Crippen LogP contribution in [0.2, 0.25) is 0 Å². The van der Waals surface area contributed by atoms with Gasteiger partial charge in [-0.1, -0.05) is 60.8 Å². The van der Waals surface area contributed by atoms with Crippen molar-refractivity contribution >= 4 is 0 Å². The second-order valence-corrected chi connectivity index (χ2v) is 5.08. The molecule has 0 bridgehead atoms. The second kappa shape index (κ2) is 2.76. The zero-order valence-corrected chi connectivity index (χ0v) is 9.14. The van der Waals surface area contributed by atoms with Crippen LogP contribution >= 0.6 is 0 Å². The lowest BCUT2D eigenvalue weighted by Crippen LogP contribution is -2.14. The van der Waals surface area contributed by atoms with Crippen molar-refractivity contribution in [3.63, 3.8) is 0 Å². The predicted molar refractivity (Wildman–Crippen MR) is 66.8 cm³/mol. The molecule has 0 saturated heterocycles. The van der Waals surface area contributed by atoms with E-state index in [2.05, 4.69) is 60.8 Å². The van der Waals surface area contributed by atoms with E-state index in [0.717, 1.165) is 0 Å². The monoisotopic (exact) mass is 206 g/mol. The van der Waals surface area contributed by atoms with Crippen molar-refractivity contribution in [2.45, 2.75) is 6.42 Å². The Bertz CT molecular complexity index is 508. The molecule has 0 aromatic carbocycles. The third-order valence-electron chi connectivity index (χ3n) is 4.25. The molecule has 4 rings (SSSR count). The van der Waals surface area contributed by atoms with Crippen LogP contribution in [-0.2, 0) is 0 Å². The summed E-state index contributed by atoms with van der Waals surface area (Å²) in [5.74, 6) is 1.33. The molecular weight excluding hydrogens is 192 g/mol. The first-order valence-electron chi connectivity index (χ1n) is 6.04. The van der Waals surface area contributed by atoms with E-state index in [1.165, 1.54) is 12.0 Å². The molecule has 0 radical (unpaired) electrons. The highest BCUT2D eigenvalue weighted by Crippen LogP contribution is 2.56. The molecule has 0 heterocycles. The van der Waals surface area contributed by atoms with E-state index < -0.39 is 0 Å². The van der Waals surface area contributed by atoms with Crippen LogP contribution in [0.5, 0.6) is 0 Å². The molecule has 2 atom stereocenters. The number of fused-ring (bicyclic) bond motifs is 1. The van der Waals surface area contributed by atoms with Crippen LogP contribution in [0.15, 0.2) is 71.9 Å². The van der Waals surface area contributed by atoms with E-state index in [-0.39, 0.29) is 5.41 Å². The highest BCUT2D eigenvalue weighted by Gasteiger charge is 2.45. The molecule has 1 spiro atoms. The maximum Gasteiger partial charge on any atom is 0.0471 e. The van der Waals surface area contributed by atoms with Gasteiger partial charge in [-0.25, -0.2) is 0 Å². The van der Waals surface area contributed by atoms with Crippen LogP contribution in [0, 0.1) is 17.3 Å². The van der Waals surface area contributed by atoms with Gasteiger partial charge in [-0.2, -0.15) is 0 Å². The predicted octanol–water partition coefficient (Wildman–Crippen LogP) is 3.73. The summed E-state index contributed by atoms with van der Waals surface area (Å²) >= 11 is 0. The van der Waals surface area contributed by atoms with Crippen molar-refractivity contribution in [1.82, 2.24) is 0 Å². The third-order valence-corrected chi connectivity index (χ3v) is 4.25. The first-order chi connectivity index (χ1) is 7.89. The van der Waals surface area contributed by atoms with E-state index in [0.29, 0.717) is 11.8 Å². The van der Waals surface area contributed by atoms with Crippen molar-refractivity contribution < 1.29 is 0 Å². The number of hydrogen-bond donors (Lipinski definition) is 0. The van der Waals surface area contributed by atoms with Crippen molar-refractivity contribution in [3.8, 4) is 0 Å². The summed E-state index contributed by atoms with van der Waals surface area (Å²) in [5, 5.41) is 0. The van der Waals surface area contributed by atoms with Gasteiger partial charge in [-0.15, -0.1) is 0 Å². The van der Waals surface area contributed by atoms with Gasteiger partial charge < -0.3 is 0 Å². The quantitative estimate of drug-likeness (QED) is 0.530. The Balaban J connectivity index is 1.93. The molecule has 78 valence electrons. The van der Waals surface area contributed by atoms with E-state index in [9.17, 15) is 0 Å². The molecule has 0 heteroatoms. The van der Waals surface area contributed by atoms with Gasteiger partial charge in [0.2, 0.25) is 0 Å². The first kappa shape index (κ1) is 8.58. The van der Waals surface area contributed by atoms with Crippen molar-refractivity contribution in [1.29, 1.82) is 0 Å². The SMILES string of the molecule is C1=CC2=CC3(C=CC=C3)C3=CCC(C=C1)C23. The number of allylic oxidation sites excluding steroid dienone is 12. The lowest BCUT2D eigenvalue weighted by Gasteiger charge is -2.22. The maximum absolute atomic E-state index is 2.46. The van der Waals surface area contributed by atoms with Crippen molar-refractivity contribution in [3.05, 3.63) is 71.9 Å². The summed E-state index contributed by atoms with van der Waals surface area (Å²) in [6.07, 6.45) is 24.2. The third kappa shape index (κ3) is 0.904. The molecule has 0 saturated carbocycles. The van der Waals surface area contributed by atoms with Gasteiger partial charge in [0, 0.05) is 11.3 Å². The Hall–Kier alpha value is -1.56. The fourth-order valence-electron chi connectivity index (χ4n) is 3.57. The average Bonchev–Trinajstić information content (AvgIpc) is 2.92. The zero-order valence-electron chi connectivity index (χ0n) is 9.14. The van der Waals surface area contributed by atoms with Crippen LogP contribution in [-0.4, -0.2) is 0 Å². The van der Waals surface area contributed by atoms with E-state index in [1.54, 1.807) is 5.57 Å². The van der Waals surface area contributed by atoms with Gasteiger partial charge in [0.25, 0.3) is 0 Å². The summed E-state index contributed by atoms with van der Waals surface area (Å²) < 4.78 is 0. The maximum atomic E-state index is 2.46. The highest BCUT2D eigenvalue weighted by molar-refractivity contribution is 5.57. The molecule has 2 unspecified atom stereocenters. The Morgan fingerprint density at radius 1 is 1.06 bits per heavy atom. The van der Waals surface area contributed by atoms with Crippen LogP contribution < -0.4 is 0 Å². The van der Waals surface area contributed by atoms with Gasteiger partial charge in [0.15, 0.2) is 0 Å². The van der Waals surface area contributed by atoms with Crippen LogP contribution in [0.25, 0.3) is 0 Å². The number of rotatable bonds is 0. The standard InChI is InChI=1S/C16H14/c1-2-6-13-11-16(9-3-4-10-16)14-8-7-12(5-1)15(13)14/h1-6,8-12,15H,7H2. The summed E-state index contributed by atoms with van der Waals surface area (Å²) in [5.41, 5.74) is 3.24. The smallest absolute Gasteiger partial charge is 0.0471 e. The lowest BCUT2D eigenvalue weighted by atomic mass is 9.81. The van der Waals surface area contributed by atoms with Crippen LogP contribution in [0.1, 0.15) is 6.42 Å². The molecular formula is C16H14. The van der Waals surface area contributed by atoms with Gasteiger partial charge in [-0.3, -0.25) is 0 Å². The molecule has 0 aromatic rings. The average molecular weight is 206 g/mol. The molecule has 0 aliphatic heterocycles. The van der Waals surface area contributed by atoms with E-state index in [1.807, 2.05) is 0 Å². The second-order valence-electron chi connectivity index (χ2n) is 5.08. The topological polar surface area (TPSA) is 0 Å². The summed E-state index contributed by atoms with van der Waals surface area (Å²) in [6.45, 7) is 0. The first-order valence-corrected chi connectivity index (χ1v) is 6.04. The number of hydrogen-bond acceptors (Lipinski definition) is 0. The molecule has 0 nitrogen and oxygen atoms in total. The van der Waals surface area contributed by atoms with Gasteiger partial charge >= 0.3 is 0 Å². The van der Waals surface area contributed by atoms with E-state index >= 15 is 0 Å². The summed E-state index contributed by atoms with van der Waals surface area (Å²) in [6, 6.07) is 0. The molecule has 4 aliphatic carbocycles. The Morgan fingerprint density at radius 2 is 1.94 bits per heavy atom. The van der Waals surface area contributed by atoms with E-state index in [4.69, 9.17) is 0 Å². The Labute approximate surface area is 96.1 Å². The molecule has 0 N–H and O–H groups in total. The van der Waals surface area contributed by atoms with Gasteiger partial charge in [-0.05, 0) is 23.5 Å². The molecule has 0 fully saturated rings. The van der Waals surface area contributed by atoms with Crippen LogP contribution in [0.3, 0.4) is 0 Å². The van der Waals surface area contributed by atoms with Crippen LogP contribution in [0.4, 0.5) is 0 Å². The Morgan fingerprint density at radius 3 is 2.81 bits per heavy atom. The largest absolute Gasteiger partial charge is 0.0826 e. The Kier molecular flexibility index (Phi) is 1.48. The fraction of sp³-hybridized carbons (Fsp3) is 0.250. The molecule has 0 aromatic heterocycles.